The van der Waals surface area contributed by atoms with Crippen LogP contribution in [0.3, 0.4) is 0 Å². The van der Waals surface area contributed by atoms with Crippen molar-refractivity contribution in [2.24, 2.45) is 0 Å². The Morgan fingerprint density at radius 1 is 1.11 bits per heavy atom. The summed E-state index contributed by atoms with van der Waals surface area (Å²) in [6.07, 6.45) is 6.86. The SMILES string of the molecule is Fc1ccc(Cn2ccc(CNC3CC3)c2)cc1. The molecule has 1 heterocycles. The second kappa shape index (κ2) is 4.94. The summed E-state index contributed by atoms with van der Waals surface area (Å²) >= 11 is 0. The van der Waals surface area contributed by atoms with Gasteiger partial charge in [0.2, 0.25) is 0 Å². The van der Waals surface area contributed by atoms with Crippen molar-refractivity contribution < 1.29 is 4.39 Å². The van der Waals surface area contributed by atoms with Crippen LogP contribution in [-0.4, -0.2) is 10.6 Å². The van der Waals surface area contributed by atoms with Gasteiger partial charge in [-0.15, -0.1) is 0 Å². The third-order valence-electron chi connectivity index (χ3n) is 3.26. The third-order valence-corrected chi connectivity index (χ3v) is 3.26. The Kier molecular flexibility index (Phi) is 3.15. The quantitative estimate of drug-likeness (QED) is 0.855. The summed E-state index contributed by atoms with van der Waals surface area (Å²) < 4.78 is 14.9. The van der Waals surface area contributed by atoms with Crippen molar-refractivity contribution in [3.05, 3.63) is 59.7 Å². The molecule has 1 aromatic carbocycles. The monoisotopic (exact) mass is 244 g/mol. The maximum Gasteiger partial charge on any atom is 0.123 e. The Labute approximate surface area is 106 Å². The molecule has 0 aliphatic heterocycles. The van der Waals surface area contributed by atoms with E-state index >= 15 is 0 Å². The van der Waals surface area contributed by atoms with Crippen molar-refractivity contribution in [3.8, 4) is 0 Å². The molecular formula is C15H17FN2. The van der Waals surface area contributed by atoms with Gasteiger partial charge in [-0.3, -0.25) is 0 Å². The van der Waals surface area contributed by atoms with Crippen molar-refractivity contribution >= 4 is 0 Å². The Morgan fingerprint density at radius 3 is 2.61 bits per heavy atom. The summed E-state index contributed by atoms with van der Waals surface area (Å²) in [4.78, 5) is 0. The van der Waals surface area contributed by atoms with Gasteiger partial charge in [0.05, 0.1) is 0 Å². The molecule has 0 bridgehead atoms. The molecular weight excluding hydrogens is 227 g/mol. The summed E-state index contributed by atoms with van der Waals surface area (Å²) in [5.74, 6) is -0.180. The predicted octanol–water partition coefficient (Wildman–Crippen LogP) is 2.93. The predicted molar refractivity (Wildman–Crippen MR) is 69.8 cm³/mol. The highest BCUT2D eigenvalue weighted by Gasteiger charge is 2.19. The highest BCUT2D eigenvalue weighted by molar-refractivity contribution is 5.18. The first kappa shape index (κ1) is 11.5. The summed E-state index contributed by atoms with van der Waals surface area (Å²) in [5, 5.41) is 3.49. The fourth-order valence-corrected chi connectivity index (χ4v) is 2.04. The van der Waals surface area contributed by atoms with E-state index in [4.69, 9.17) is 0 Å². The normalized spacial score (nSPS) is 14.9. The van der Waals surface area contributed by atoms with Crippen molar-refractivity contribution in [1.29, 1.82) is 0 Å². The first-order chi connectivity index (χ1) is 8.79. The molecule has 3 heteroatoms. The molecule has 0 radical (unpaired) electrons. The van der Waals surface area contributed by atoms with Gasteiger partial charge < -0.3 is 9.88 Å². The van der Waals surface area contributed by atoms with E-state index in [1.165, 1.54) is 30.5 Å². The second-order valence-corrected chi connectivity index (χ2v) is 4.97. The van der Waals surface area contributed by atoms with Gasteiger partial charge >= 0.3 is 0 Å². The van der Waals surface area contributed by atoms with E-state index in [-0.39, 0.29) is 5.82 Å². The average Bonchev–Trinajstić information content (AvgIpc) is 3.10. The lowest BCUT2D eigenvalue weighted by atomic mass is 10.2. The fraction of sp³-hybridized carbons (Fsp3) is 0.333. The standard InChI is InChI=1S/C15H17FN2/c16-14-3-1-12(2-4-14)10-18-8-7-13(11-18)9-17-15-5-6-15/h1-4,7-8,11,15,17H,5-6,9-10H2. The second-order valence-electron chi connectivity index (χ2n) is 4.97. The molecule has 1 saturated carbocycles. The van der Waals surface area contributed by atoms with E-state index in [0.29, 0.717) is 0 Å². The number of nitrogens with zero attached hydrogens (tertiary/aromatic N) is 1. The molecule has 0 saturated heterocycles. The van der Waals surface area contributed by atoms with Gasteiger partial charge in [-0.1, -0.05) is 12.1 Å². The zero-order valence-electron chi connectivity index (χ0n) is 10.3. The molecule has 1 N–H and O–H groups in total. The third kappa shape index (κ3) is 2.99. The van der Waals surface area contributed by atoms with E-state index in [2.05, 4.69) is 28.3 Å². The lowest BCUT2D eigenvalue weighted by Gasteiger charge is -2.03. The smallest absolute Gasteiger partial charge is 0.123 e. The molecule has 3 rings (SSSR count). The molecule has 94 valence electrons. The molecule has 1 aliphatic carbocycles. The van der Waals surface area contributed by atoms with Crippen LogP contribution in [0.2, 0.25) is 0 Å². The fourth-order valence-electron chi connectivity index (χ4n) is 2.04. The van der Waals surface area contributed by atoms with E-state index in [0.717, 1.165) is 24.7 Å². The Hall–Kier alpha value is -1.61. The lowest BCUT2D eigenvalue weighted by molar-refractivity contribution is 0.626. The van der Waals surface area contributed by atoms with Crippen LogP contribution in [0.25, 0.3) is 0 Å². The van der Waals surface area contributed by atoms with Gasteiger partial charge in [-0.05, 0) is 42.2 Å². The summed E-state index contributed by atoms with van der Waals surface area (Å²) in [6.45, 7) is 1.74. The molecule has 18 heavy (non-hydrogen) atoms. The zero-order chi connectivity index (χ0) is 12.4. The molecule has 2 nitrogen and oxygen atoms in total. The number of rotatable bonds is 5. The van der Waals surface area contributed by atoms with Crippen molar-refractivity contribution in [2.45, 2.75) is 32.0 Å². The molecule has 1 aromatic heterocycles. The summed E-state index contributed by atoms with van der Waals surface area (Å²) in [6, 6.07) is 9.56. The Morgan fingerprint density at radius 2 is 1.89 bits per heavy atom. The lowest BCUT2D eigenvalue weighted by Crippen LogP contribution is -2.14. The summed E-state index contributed by atoms with van der Waals surface area (Å²) in [5.41, 5.74) is 2.43. The molecule has 0 amide bonds. The van der Waals surface area contributed by atoms with Gasteiger partial charge in [0.15, 0.2) is 0 Å². The Bertz CT molecular complexity index is 512. The van der Waals surface area contributed by atoms with E-state index in [9.17, 15) is 4.39 Å². The highest BCUT2D eigenvalue weighted by atomic mass is 19.1. The maximum atomic E-state index is 12.8. The number of hydrogen-bond acceptors (Lipinski definition) is 1. The number of halogens is 1. The molecule has 1 fully saturated rings. The van der Waals surface area contributed by atoms with Crippen LogP contribution in [0.15, 0.2) is 42.7 Å². The van der Waals surface area contributed by atoms with Gasteiger partial charge in [0.1, 0.15) is 5.82 Å². The van der Waals surface area contributed by atoms with Crippen molar-refractivity contribution in [1.82, 2.24) is 9.88 Å². The number of hydrogen-bond donors (Lipinski definition) is 1. The van der Waals surface area contributed by atoms with Crippen LogP contribution in [0.1, 0.15) is 24.0 Å². The number of nitrogens with one attached hydrogen (secondary N) is 1. The van der Waals surface area contributed by atoms with Crippen LogP contribution in [0.5, 0.6) is 0 Å². The van der Waals surface area contributed by atoms with E-state index < -0.39 is 0 Å². The van der Waals surface area contributed by atoms with E-state index in [1.807, 2.05) is 12.1 Å². The molecule has 0 spiro atoms. The zero-order valence-corrected chi connectivity index (χ0v) is 10.3. The first-order valence-corrected chi connectivity index (χ1v) is 6.42. The summed E-state index contributed by atoms with van der Waals surface area (Å²) in [7, 11) is 0. The highest BCUT2D eigenvalue weighted by Crippen LogP contribution is 2.19. The molecule has 1 aliphatic rings. The van der Waals surface area contributed by atoms with Crippen LogP contribution < -0.4 is 5.32 Å². The van der Waals surface area contributed by atoms with Gasteiger partial charge in [0, 0.05) is 31.5 Å². The van der Waals surface area contributed by atoms with Gasteiger partial charge in [-0.2, -0.15) is 0 Å². The maximum absolute atomic E-state index is 12.8. The largest absolute Gasteiger partial charge is 0.350 e. The van der Waals surface area contributed by atoms with Crippen molar-refractivity contribution in [3.63, 3.8) is 0 Å². The first-order valence-electron chi connectivity index (χ1n) is 6.42. The molecule has 0 atom stereocenters. The van der Waals surface area contributed by atoms with Crippen LogP contribution in [0, 0.1) is 5.82 Å². The molecule has 0 unspecified atom stereocenters. The average molecular weight is 244 g/mol. The van der Waals surface area contributed by atoms with Crippen LogP contribution in [0.4, 0.5) is 4.39 Å². The minimum absolute atomic E-state index is 0.180. The number of benzene rings is 1. The van der Waals surface area contributed by atoms with Crippen molar-refractivity contribution in [2.75, 3.05) is 0 Å². The van der Waals surface area contributed by atoms with E-state index in [1.54, 1.807) is 0 Å². The minimum Gasteiger partial charge on any atom is -0.350 e. The Balaban J connectivity index is 1.60. The van der Waals surface area contributed by atoms with Gasteiger partial charge in [0.25, 0.3) is 0 Å². The van der Waals surface area contributed by atoms with Crippen LogP contribution >= 0.6 is 0 Å². The topological polar surface area (TPSA) is 17.0 Å². The number of aromatic nitrogens is 1. The minimum atomic E-state index is -0.180. The van der Waals surface area contributed by atoms with Crippen LogP contribution in [-0.2, 0) is 13.1 Å². The molecule has 2 aromatic rings. The van der Waals surface area contributed by atoms with Gasteiger partial charge in [-0.25, -0.2) is 4.39 Å².